The second-order valence-electron chi connectivity index (χ2n) is 2.99. The van der Waals surface area contributed by atoms with Crippen LogP contribution in [-0.4, -0.2) is 11.1 Å². The number of carbonyl (C=O) groups is 1. The van der Waals surface area contributed by atoms with Crippen molar-refractivity contribution in [3.8, 4) is 6.07 Å². The van der Waals surface area contributed by atoms with Crippen LogP contribution in [0.15, 0.2) is 11.6 Å². The van der Waals surface area contributed by atoms with Crippen LogP contribution in [0.25, 0.3) is 0 Å². The van der Waals surface area contributed by atoms with E-state index in [-0.39, 0.29) is 5.57 Å². The number of allylic oxidation sites excluding steroid dienone is 1. The Labute approximate surface area is 78.7 Å². The molecule has 0 saturated carbocycles. The highest BCUT2D eigenvalue weighted by molar-refractivity contribution is 5.87. The molecule has 0 rings (SSSR count). The molecule has 0 unspecified atom stereocenters. The monoisotopic (exact) mass is 181 g/mol. The van der Waals surface area contributed by atoms with Gasteiger partial charge in [0.1, 0.15) is 0 Å². The summed E-state index contributed by atoms with van der Waals surface area (Å²) in [6.07, 6.45) is 3.52. The molecule has 1 N–H and O–H groups in total. The normalized spacial score (nSPS) is 11.4. The summed E-state index contributed by atoms with van der Waals surface area (Å²) in [6.45, 7) is 4.06. The van der Waals surface area contributed by atoms with Gasteiger partial charge < -0.3 is 5.11 Å². The number of carboxylic acids is 1. The van der Waals surface area contributed by atoms with Crippen molar-refractivity contribution < 1.29 is 9.90 Å². The van der Waals surface area contributed by atoms with E-state index in [0.29, 0.717) is 12.3 Å². The minimum Gasteiger partial charge on any atom is -0.478 e. The summed E-state index contributed by atoms with van der Waals surface area (Å²) < 4.78 is 0. The summed E-state index contributed by atoms with van der Waals surface area (Å²) >= 11 is 0. The van der Waals surface area contributed by atoms with E-state index < -0.39 is 5.97 Å². The van der Waals surface area contributed by atoms with Gasteiger partial charge in [-0.2, -0.15) is 5.26 Å². The molecule has 0 spiro atoms. The Kier molecular flexibility index (Phi) is 5.62. The largest absolute Gasteiger partial charge is 0.478 e. The van der Waals surface area contributed by atoms with E-state index in [9.17, 15) is 4.79 Å². The molecule has 13 heavy (non-hydrogen) atoms. The van der Waals surface area contributed by atoms with Crippen molar-refractivity contribution in [2.45, 2.75) is 33.1 Å². The van der Waals surface area contributed by atoms with Gasteiger partial charge in [-0.05, 0) is 12.3 Å². The number of hydrogen-bond acceptors (Lipinski definition) is 2. The summed E-state index contributed by atoms with van der Waals surface area (Å²) in [5.74, 6) is -0.607. The van der Waals surface area contributed by atoms with Crippen molar-refractivity contribution in [1.29, 1.82) is 5.26 Å². The maximum absolute atomic E-state index is 10.6. The van der Waals surface area contributed by atoms with E-state index in [1.54, 1.807) is 6.07 Å². The molecule has 0 aromatic carbocycles. The summed E-state index contributed by atoms with van der Waals surface area (Å²) in [4.78, 5) is 10.6. The van der Waals surface area contributed by atoms with Crippen molar-refractivity contribution in [3.63, 3.8) is 0 Å². The second-order valence-corrected chi connectivity index (χ2v) is 2.99. The SMILES string of the molecule is CCC(CC)CC(=CC#N)C(=O)O. The molecule has 0 aliphatic carbocycles. The lowest BCUT2D eigenvalue weighted by Crippen LogP contribution is -2.06. The number of hydrogen-bond donors (Lipinski definition) is 1. The van der Waals surface area contributed by atoms with Gasteiger partial charge >= 0.3 is 5.97 Å². The average Bonchev–Trinajstić information content (AvgIpc) is 2.11. The van der Waals surface area contributed by atoms with Crippen LogP contribution in [0.2, 0.25) is 0 Å². The molecule has 0 aromatic rings. The minimum atomic E-state index is -0.978. The Balaban J connectivity index is 4.36. The first kappa shape index (κ1) is 11.7. The fourth-order valence-electron chi connectivity index (χ4n) is 1.17. The standard InChI is InChI=1S/C10H15NO2/c1-3-8(4-2)7-9(5-6-11)10(12)13/h5,8H,3-4,7H2,1-2H3,(H,12,13). The van der Waals surface area contributed by atoms with Crippen LogP contribution in [0.5, 0.6) is 0 Å². The first-order valence-corrected chi connectivity index (χ1v) is 4.47. The Bertz CT molecular complexity index is 234. The van der Waals surface area contributed by atoms with Crippen molar-refractivity contribution >= 4 is 5.97 Å². The van der Waals surface area contributed by atoms with Crippen LogP contribution in [0.4, 0.5) is 0 Å². The molecule has 0 aliphatic rings. The molecule has 0 aromatic heterocycles. The van der Waals surface area contributed by atoms with Gasteiger partial charge in [-0.15, -0.1) is 0 Å². The molecule has 72 valence electrons. The molecule has 0 fully saturated rings. The van der Waals surface area contributed by atoms with Gasteiger partial charge in [0.05, 0.1) is 6.07 Å². The fourth-order valence-corrected chi connectivity index (χ4v) is 1.17. The fraction of sp³-hybridized carbons (Fsp3) is 0.600. The van der Waals surface area contributed by atoms with E-state index >= 15 is 0 Å². The van der Waals surface area contributed by atoms with Gasteiger partial charge in [-0.1, -0.05) is 26.7 Å². The van der Waals surface area contributed by atoms with E-state index in [4.69, 9.17) is 10.4 Å². The molecule has 0 bridgehead atoms. The second kappa shape index (κ2) is 6.24. The Hall–Kier alpha value is -1.30. The third-order valence-electron chi connectivity index (χ3n) is 2.18. The maximum atomic E-state index is 10.6. The zero-order chi connectivity index (χ0) is 10.3. The molecule has 0 atom stereocenters. The molecule has 0 radical (unpaired) electrons. The molecule has 0 heterocycles. The lowest BCUT2D eigenvalue weighted by molar-refractivity contribution is -0.132. The van der Waals surface area contributed by atoms with Gasteiger partial charge in [-0.3, -0.25) is 0 Å². The first-order valence-electron chi connectivity index (χ1n) is 4.47. The highest BCUT2D eigenvalue weighted by Gasteiger charge is 2.12. The van der Waals surface area contributed by atoms with Crippen LogP contribution >= 0.6 is 0 Å². The summed E-state index contributed by atoms with van der Waals surface area (Å²) in [5, 5.41) is 17.1. The van der Waals surface area contributed by atoms with Gasteiger partial charge in [0.25, 0.3) is 0 Å². The molecule has 3 nitrogen and oxygen atoms in total. The predicted octanol–water partition coefficient (Wildman–Crippen LogP) is 2.35. The van der Waals surface area contributed by atoms with E-state index in [0.717, 1.165) is 18.9 Å². The number of nitrogens with zero attached hydrogens (tertiary/aromatic N) is 1. The average molecular weight is 181 g/mol. The first-order chi connectivity index (χ1) is 6.15. The van der Waals surface area contributed by atoms with Gasteiger partial charge in [0.15, 0.2) is 0 Å². The van der Waals surface area contributed by atoms with Crippen LogP contribution < -0.4 is 0 Å². The van der Waals surface area contributed by atoms with E-state index in [2.05, 4.69) is 0 Å². The molecular weight excluding hydrogens is 166 g/mol. The van der Waals surface area contributed by atoms with E-state index in [1.165, 1.54) is 0 Å². The number of aliphatic carboxylic acids is 1. The predicted molar refractivity (Wildman–Crippen MR) is 50.0 cm³/mol. The lowest BCUT2D eigenvalue weighted by Gasteiger charge is -2.11. The quantitative estimate of drug-likeness (QED) is 0.523. The van der Waals surface area contributed by atoms with Gasteiger partial charge in [-0.25, -0.2) is 4.79 Å². The number of nitriles is 1. The lowest BCUT2D eigenvalue weighted by atomic mass is 9.94. The molecule has 3 heteroatoms. The third-order valence-corrected chi connectivity index (χ3v) is 2.18. The van der Waals surface area contributed by atoms with Crippen LogP contribution in [0, 0.1) is 17.2 Å². The third kappa shape index (κ3) is 4.32. The highest BCUT2D eigenvalue weighted by Crippen LogP contribution is 2.18. The van der Waals surface area contributed by atoms with E-state index in [1.807, 2.05) is 13.8 Å². The summed E-state index contributed by atoms with van der Waals surface area (Å²) in [7, 11) is 0. The molecular formula is C10H15NO2. The minimum absolute atomic E-state index is 0.219. The number of carboxylic acid groups (broad SMARTS) is 1. The van der Waals surface area contributed by atoms with Gasteiger partial charge in [0.2, 0.25) is 0 Å². The smallest absolute Gasteiger partial charge is 0.332 e. The topological polar surface area (TPSA) is 61.1 Å². The van der Waals surface area contributed by atoms with Crippen molar-refractivity contribution in [3.05, 3.63) is 11.6 Å². The highest BCUT2D eigenvalue weighted by atomic mass is 16.4. The summed E-state index contributed by atoms with van der Waals surface area (Å²) in [6, 6.07) is 1.76. The van der Waals surface area contributed by atoms with Crippen molar-refractivity contribution in [1.82, 2.24) is 0 Å². The van der Waals surface area contributed by atoms with Crippen molar-refractivity contribution in [2.75, 3.05) is 0 Å². The van der Waals surface area contributed by atoms with Crippen molar-refractivity contribution in [2.24, 2.45) is 5.92 Å². The molecule has 0 aliphatic heterocycles. The van der Waals surface area contributed by atoms with Crippen LogP contribution in [-0.2, 0) is 4.79 Å². The zero-order valence-corrected chi connectivity index (χ0v) is 8.08. The van der Waals surface area contributed by atoms with Crippen LogP contribution in [0.1, 0.15) is 33.1 Å². The Morgan fingerprint density at radius 1 is 1.54 bits per heavy atom. The summed E-state index contributed by atoms with van der Waals surface area (Å²) in [5.41, 5.74) is 0.219. The maximum Gasteiger partial charge on any atom is 0.332 e. The molecule has 0 amide bonds. The Morgan fingerprint density at radius 3 is 2.38 bits per heavy atom. The van der Waals surface area contributed by atoms with Gasteiger partial charge in [0, 0.05) is 11.6 Å². The zero-order valence-electron chi connectivity index (χ0n) is 8.08. The number of rotatable bonds is 5. The Morgan fingerprint density at radius 2 is 2.08 bits per heavy atom. The van der Waals surface area contributed by atoms with Crippen LogP contribution in [0.3, 0.4) is 0 Å². The molecule has 0 saturated heterocycles.